The maximum atomic E-state index is 5.44. The molecule has 0 radical (unpaired) electrons. The zero-order chi connectivity index (χ0) is 16.2. The van der Waals surface area contributed by atoms with E-state index in [0.29, 0.717) is 23.8 Å². The predicted molar refractivity (Wildman–Crippen MR) is 86.7 cm³/mol. The fourth-order valence-corrected chi connectivity index (χ4v) is 2.37. The second kappa shape index (κ2) is 6.62. The quantitative estimate of drug-likeness (QED) is 0.749. The lowest BCUT2D eigenvalue weighted by Crippen LogP contribution is -2.13. The Bertz CT molecular complexity index is 815. The molecule has 0 bridgehead atoms. The van der Waals surface area contributed by atoms with Crippen molar-refractivity contribution in [2.75, 3.05) is 20.8 Å². The van der Waals surface area contributed by atoms with Gasteiger partial charge in [-0.25, -0.2) is 9.97 Å². The normalized spacial score (nSPS) is 10.9. The molecule has 0 unspecified atom stereocenters. The standard InChI is InChI=1S/C16H19N5O2/c1-4-17-8-11-7-12(14(22-2)9-19-11)13-10-21-6-5-18-15(21)16(20-13)23-3/h5-7,9-10,17H,4,8H2,1-3H3. The van der Waals surface area contributed by atoms with Crippen molar-refractivity contribution in [3.63, 3.8) is 0 Å². The van der Waals surface area contributed by atoms with Gasteiger partial charge in [-0.05, 0) is 12.6 Å². The molecule has 0 aliphatic rings. The summed E-state index contributed by atoms with van der Waals surface area (Å²) in [7, 11) is 3.21. The third kappa shape index (κ3) is 2.95. The number of hydrogen-bond donors (Lipinski definition) is 1. The molecule has 0 fully saturated rings. The van der Waals surface area contributed by atoms with Gasteiger partial charge >= 0.3 is 0 Å². The van der Waals surface area contributed by atoms with Crippen molar-refractivity contribution in [3.05, 3.63) is 36.5 Å². The van der Waals surface area contributed by atoms with E-state index in [0.717, 1.165) is 23.5 Å². The largest absolute Gasteiger partial charge is 0.494 e. The van der Waals surface area contributed by atoms with Crippen LogP contribution in [0.5, 0.6) is 11.6 Å². The van der Waals surface area contributed by atoms with Crippen molar-refractivity contribution < 1.29 is 9.47 Å². The highest BCUT2D eigenvalue weighted by Gasteiger charge is 2.14. The first-order valence-electron chi connectivity index (χ1n) is 7.38. The molecule has 0 amide bonds. The Kier molecular flexibility index (Phi) is 4.38. The molecule has 120 valence electrons. The molecular formula is C16H19N5O2. The molecule has 0 aliphatic carbocycles. The number of fused-ring (bicyclic) bond motifs is 1. The number of nitrogens with one attached hydrogen (secondary N) is 1. The van der Waals surface area contributed by atoms with Crippen LogP contribution < -0.4 is 14.8 Å². The maximum Gasteiger partial charge on any atom is 0.258 e. The van der Waals surface area contributed by atoms with Gasteiger partial charge in [0.15, 0.2) is 5.65 Å². The fourth-order valence-electron chi connectivity index (χ4n) is 2.37. The zero-order valence-electron chi connectivity index (χ0n) is 13.4. The average Bonchev–Trinajstić information content (AvgIpc) is 3.07. The highest BCUT2D eigenvalue weighted by molar-refractivity contribution is 5.69. The number of imidazole rings is 1. The number of nitrogens with zero attached hydrogens (tertiary/aromatic N) is 4. The molecule has 3 aromatic heterocycles. The van der Waals surface area contributed by atoms with Gasteiger partial charge in [0.25, 0.3) is 5.88 Å². The van der Waals surface area contributed by atoms with Gasteiger partial charge in [0.05, 0.1) is 31.8 Å². The van der Waals surface area contributed by atoms with Crippen molar-refractivity contribution in [3.8, 4) is 22.9 Å². The van der Waals surface area contributed by atoms with E-state index < -0.39 is 0 Å². The maximum absolute atomic E-state index is 5.44. The van der Waals surface area contributed by atoms with Crippen LogP contribution in [0.1, 0.15) is 12.6 Å². The summed E-state index contributed by atoms with van der Waals surface area (Å²) >= 11 is 0. The van der Waals surface area contributed by atoms with E-state index in [9.17, 15) is 0 Å². The SMILES string of the molecule is CCNCc1cc(-c2cn3ccnc3c(OC)n2)c(OC)cn1. The van der Waals surface area contributed by atoms with Gasteiger partial charge in [-0.3, -0.25) is 4.98 Å². The molecule has 0 spiro atoms. The molecule has 0 atom stereocenters. The van der Waals surface area contributed by atoms with Crippen LogP contribution in [-0.4, -0.2) is 40.1 Å². The van der Waals surface area contributed by atoms with Gasteiger partial charge in [0, 0.05) is 30.7 Å². The van der Waals surface area contributed by atoms with Crippen LogP contribution >= 0.6 is 0 Å². The van der Waals surface area contributed by atoms with E-state index in [1.165, 1.54) is 0 Å². The smallest absolute Gasteiger partial charge is 0.258 e. The monoisotopic (exact) mass is 313 g/mol. The molecule has 0 saturated carbocycles. The minimum absolute atomic E-state index is 0.472. The minimum atomic E-state index is 0.472. The van der Waals surface area contributed by atoms with Gasteiger partial charge in [0.2, 0.25) is 0 Å². The topological polar surface area (TPSA) is 73.6 Å². The Morgan fingerprint density at radius 3 is 2.83 bits per heavy atom. The lowest BCUT2D eigenvalue weighted by molar-refractivity contribution is 0.400. The Labute approximate surface area is 134 Å². The van der Waals surface area contributed by atoms with Gasteiger partial charge in [-0.1, -0.05) is 6.92 Å². The number of pyridine rings is 1. The third-order valence-corrected chi connectivity index (χ3v) is 3.51. The van der Waals surface area contributed by atoms with Crippen LogP contribution in [0.15, 0.2) is 30.9 Å². The number of methoxy groups -OCH3 is 2. The van der Waals surface area contributed by atoms with Crippen LogP contribution in [0, 0.1) is 0 Å². The lowest BCUT2D eigenvalue weighted by Gasteiger charge is -2.11. The summed E-state index contributed by atoms with van der Waals surface area (Å²) in [5.74, 6) is 1.14. The summed E-state index contributed by atoms with van der Waals surface area (Å²) in [5, 5.41) is 3.27. The van der Waals surface area contributed by atoms with Gasteiger partial charge < -0.3 is 19.2 Å². The first-order valence-corrected chi connectivity index (χ1v) is 7.38. The second-order valence-corrected chi connectivity index (χ2v) is 4.95. The molecule has 3 heterocycles. The summed E-state index contributed by atoms with van der Waals surface area (Å²) in [6.07, 6.45) is 7.19. The Hall–Kier alpha value is -2.67. The van der Waals surface area contributed by atoms with Gasteiger partial charge in [-0.2, -0.15) is 0 Å². The number of ether oxygens (including phenoxy) is 2. The molecule has 23 heavy (non-hydrogen) atoms. The van der Waals surface area contributed by atoms with E-state index in [-0.39, 0.29) is 0 Å². The highest BCUT2D eigenvalue weighted by Crippen LogP contribution is 2.30. The summed E-state index contributed by atoms with van der Waals surface area (Å²) in [6.45, 7) is 3.64. The fraction of sp³-hybridized carbons (Fsp3) is 0.312. The second-order valence-electron chi connectivity index (χ2n) is 4.95. The van der Waals surface area contributed by atoms with Crippen molar-refractivity contribution in [1.29, 1.82) is 0 Å². The lowest BCUT2D eigenvalue weighted by atomic mass is 10.1. The molecule has 0 aliphatic heterocycles. The zero-order valence-corrected chi connectivity index (χ0v) is 13.4. The van der Waals surface area contributed by atoms with E-state index in [4.69, 9.17) is 9.47 Å². The molecule has 7 nitrogen and oxygen atoms in total. The molecule has 3 rings (SSSR count). The Morgan fingerprint density at radius 1 is 1.22 bits per heavy atom. The van der Waals surface area contributed by atoms with Crippen molar-refractivity contribution >= 4 is 5.65 Å². The van der Waals surface area contributed by atoms with E-state index >= 15 is 0 Å². The number of hydrogen-bond acceptors (Lipinski definition) is 6. The number of aromatic nitrogens is 4. The first-order chi connectivity index (χ1) is 11.3. The minimum Gasteiger partial charge on any atom is -0.494 e. The third-order valence-electron chi connectivity index (χ3n) is 3.51. The Balaban J connectivity index is 2.12. The van der Waals surface area contributed by atoms with Crippen LogP contribution in [-0.2, 0) is 6.54 Å². The molecule has 0 aromatic carbocycles. The van der Waals surface area contributed by atoms with E-state index in [2.05, 4.69) is 27.2 Å². The van der Waals surface area contributed by atoms with Crippen molar-refractivity contribution in [1.82, 2.24) is 24.7 Å². The summed E-state index contributed by atoms with van der Waals surface area (Å²) < 4.78 is 12.7. The average molecular weight is 313 g/mol. The van der Waals surface area contributed by atoms with E-state index in [1.54, 1.807) is 26.6 Å². The molecule has 0 saturated heterocycles. The van der Waals surface area contributed by atoms with Crippen LogP contribution in [0.2, 0.25) is 0 Å². The highest BCUT2D eigenvalue weighted by atomic mass is 16.5. The summed E-state index contributed by atoms with van der Waals surface area (Å²) in [4.78, 5) is 13.2. The predicted octanol–water partition coefficient (Wildman–Crippen LogP) is 1.92. The van der Waals surface area contributed by atoms with E-state index in [1.807, 2.05) is 22.9 Å². The van der Waals surface area contributed by atoms with Crippen LogP contribution in [0.25, 0.3) is 16.9 Å². The molecule has 7 heteroatoms. The van der Waals surface area contributed by atoms with Crippen LogP contribution in [0.4, 0.5) is 0 Å². The molecule has 1 N–H and O–H groups in total. The van der Waals surface area contributed by atoms with Crippen molar-refractivity contribution in [2.24, 2.45) is 0 Å². The molecular weight excluding hydrogens is 294 g/mol. The summed E-state index contributed by atoms with van der Waals surface area (Å²) in [6, 6.07) is 1.98. The Morgan fingerprint density at radius 2 is 2.09 bits per heavy atom. The van der Waals surface area contributed by atoms with Crippen molar-refractivity contribution in [2.45, 2.75) is 13.5 Å². The first kappa shape index (κ1) is 15.2. The van der Waals surface area contributed by atoms with Crippen LogP contribution in [0.3, 0.4) is 0 Å². The molecule has 3 aromatic rings. The number of rotatable bonds is 6. The van der Waals surface area contributed by atoms with Gasteiger partial charge in [0.1, 0.15) is 5.75 Å². The van der Waals surface area contributed by atoms with Gasteiger partial charge in [-0.15, -0.1) is 0 Å². The summed E-state index contributed by atoms with van der Waals surface area (Å²) in [5.41, 5.74) is 3.21.